The molecule has 3 N–H and O–H groups in total. The number of carbonyl (C=O) groups is 2. The molecular formula is C27H26N2O3Si. The lowest BCUT2D eigenvalue weighted by Crippen LogP contribution is -2.54. The molecule has 5 nitrogen and oxygen atoms in total. The molecule has 0 unspecified atom stereocenters. The summed E-state index contributed by atoms with van der Waals surface area (Å²) in [5, 5.41) is 15.7. The first kappa shape index (κ1) is 22.3. The number of nitrogens with one attached hydrogen (secondary N) is 2. The van der Waals surface area contributed by atoms with E-state index in [9.17, 15) is 14.7 Å². The number of aliphatic carboxylic acids is 1. The number of fused-ring (bicyclic) bond motifs is 1. The Balaban J connectivity index is 1.55. The lowest BCUT2D eigenvalue weighted by atomic mass is 10.1. The van der Waals surface area contributed by atoms with Crippen LogP contribution in [0.4, 0.5) is 0 Å². The number of carbonyl (C=O) groups excluding carboxylic acids is 1. The van der Waals surface area contributed by atoms with Crippen molar-refractivity contribution in [2.24, 2.45) is 0 Å². The van der Waals surface area contributed by atoms with Gasteiger partial charge in [0.15, 0.2) is 0 Å². The molecule has 0 spiro atoms. The van der Waals surface area contributed by atoms with Crippen LogP contribution in [0.1, 0.15) is 5.56 Å². The summed E-state index contributed by atoms with van der Waals surface area (Å²) in [4.78, 5) is 27.9. The van der Waals surface area contributed by atoms with Crippen LogP contribution in [-0.2, 0) is 16.0 Å². The third-order valence-corrected chi connectivity index (χ3v) is 9.93. The van der Waals surface area contributed by atoms with Crippen molar-refractivity contribution in [1.29, 1.82) is 0 Å². The van der Waals surface area contributed by atoms with Gasteiger partial charge in [-0.05, 0) is 17.7 Å². The molecule has 0 radical (unpaired) electrons. The zero-order valence-corrected chi connectivity index (χ0v) is 19.4. The predicted octanol–water partition coefficient (Wildman–Crippen LogP) is 3.27. The molecule has 0 aliphatic rings. The lowest BCUT2D eigenvalue weighted by Gasteiger charge is -2.25. The molecule has 1 atom stereocenters. The highest BCUT2D eigenvalue weighted by Gasteiger charge is 2.29. The molecule has 1 heterocycles. The molecule has 1 amide bonds. The second-order valence-corrected chi connectivity index (χ2v) is 12.1. The minimum absolute atomic E-state index is 0.199. The van der Waals surface area contributed by atoms with Crippen molar-refractivity contribution in [3.8, 4) is 0 Å². The SMILES string of the molecule is C[Si](C=CC(=O)N[C@@H](Cc1c[nH]c2ccccc12)C(=O)O)(c1ccccc1)c1ccccc1. The van der Waals surface area contributed by atoms with Crippen LogP contribution in [0, 0.1) is 0 Å². The molecule has 33 heavy (non-hydrogen) atoms. The van der Waals surface area contributed by atoms with Gasteiger partial charge in [0.05, 0.1) is 0 Å². The topological polar surface area (TPSA) is 82.2 Å². The predicted molar refractivity (Wildman–Crippen MR) is 134 cm³/mol. The lowest BCUT2D eigenvalue weighted by molar-refractivity contribution is -0.141. The summed E-state index contributed by atoms with van der Waals surface area (Å²) in [5.41, 5.74) is 3.77. The molecule has 0 saturated carbocycles. The highest BCUT2D eigenvalue weighted by atomic mass is 28.3. The Hall–Kier alpha value is -3.90. The Bertz CT molecular complexity index is 1240. The highest BCUT2D eigenvalue weighted by molar-refractivity contribution is 7.05. The van der Waals surface area contributed by atoms with Crippen LogP contribution >= 0.6 is 0 Å². The van der Waals surface area contributed by atoms with E-state index in [1.807, 2.05) is 66.4 Å². The number of rotatable bonds is 8. The average Bonchev–Trinajstić information content (AvgIpc) is 3.26. The van der Waals surface area contributed by atoms with Gasteiger partial charge in [0.2, 0.25) is 5.91 Å². The maximum absolute atomic E-state index is 12.8. The zero-order valence-electron chi connectivity index (χ0n) is 18.4. The average molecular weight is 455 g/mol. The second kappa shape index (κ2) is 9.71. The number of aromatic amines is 1. The highest BCUT2D eigenvalue weighted by Crippen LogP contribution is 2.19. The molecule has 0 aliphatic heterocycles. The van der Waals surface area contributed by atoms with E-state index in [0.29, 0.717) is 0 Å². The Kier molecular flexibility index (Phi) is 6.56. The molecule has 6 heteroatoms. The summed E-state index contributed by atoms with van der Waals surface area (Å²) in [5.74, 6) is -1.47. The van der Waals surface area contributed by atoms with Gasteiger partial charge in [-0.25, -0.2) is 4.79 Å². The first-order valence-corrected chi connectivity index (χ1v) is 13.4. The molecule has 3 aromatic carbocycles. The van der Waals surface area contributed by atoms with Crippen LogP contribution in [-0.4, -0.2) is 36.1 Å². The van der Waals surface area contributed by atoms with Crippen LogP contribution in [0.2, 0.25) is 6.55 Å². The van der Waals surface area contributed by atoms with Crippen LogP contribution in [0.15, 0.2) is 103 Å². The Morgan fingerprint density at radius 1 is 0.939 bits per heavy atom. The Labute approximate surface area is 193 Å². The summed E-state index contributed by atoms with van der Waals surface area (Å²) < 4.78 is 0. The Morgan fingerprint density at radius 3 is 2.12 bits per heavy atom. The number of carboxylic acids is 1. The fraction of sp³-hybridized carbons (Fsp3) is 0.111. The summed E-state index contributed by atoms with van der Waals surface area (Å²) in [7, 11) is -2.34. The van der Waals surface area contributed by atoms with Gasteiger partial charge in [-0.3, -0.25) is 4.79 Å². The van der Waals surface area contributed by atoms with Crippen molar-refractivity contribution in [3.63, 3.8) is 0 Å². The van der Waals surface area contributed by atoms with Crippen molar-refractivity contribution in [1.82, 2.24) is 10.3 Å². The molecule has 0 fully saturated rings. The number of hydrogen-bond donors (Lipinski definition) is 3. The quantitative estimate of drug-likeness (QED) is 0.282. The minimum atomic E-state index is -2.34. The second-order valence-electron chi connectivity index (χ2n) is 8.23. The summed E-state index contributed by atoms with van der Waals surface area (Å²) in [6.07, 6.45) is 3.50. The summed E-state index contributed by atoms with van der Waals surface area (Å²) >= 11 is 0. The van der Waals surface area contributed by atoms with Crippen molar-refractivity contribution in [2.45, 2.75) is 19.0 Å². The van der Waals surface area contributed by atoms with Gasteiger partial charge in [-0.1, -0.05) is 101 Å². The van der Waals surface area contributed by atoms with Gasteiger partial charge in [0.1, 0.15) is 14.1 Å². The first-order valence-electron chi connectivity index (χ1n) is 10.9. The van der Waals surface area contributed by atoms with Crippen molar-refractivity contribution >= 4 is 41.2 Å². The standard InChI is InChI=1S/C27H26N2O3Si/c1-33(21-10-4-2-5-11-21,22-12-6-3-7-13-22)17-16-26(30)29-25(27(31)32)18-20-19-28-24-15-9-8-14-23(20)24/h2-17,19,25,28H,18H2,1H3,(H,29,30)(H,31,32)/t25-/m0/s1. The van der Waals surface area contributed by atoms with Gasteiger partial charge in [0, 0.05) is 23.5 Å². The molecule has 0 saturated heterocycles. The minimum Gasteiger partial charge on any atom is -0.480 e. The number of benzene rings is 3. The number of carboxylic acid groups (broad SMARTS) is 1. The molecule has 4 rings (SSSR count). The molecule has 1 aromatic heterocycles. The van der Waals surface area contributed by atoms with Crippen LogP contribution in [0.3, 0.4) is 0 Å². The molecule has 166 valence electrons. The molecule has 0 bridgehead atoms. The number of hydrogen-bond acceptors (Lipinski definition) is 2. The Morgan fingerprint density at radius 2 is 1.52 bits per heavy atom. The van der Waals surface area contributed by atoms with Gasteiger partial charge in [-0.15, -0.1) is 0 Å². The van der Waals surface area contributed by atoms with Gasteiger partial charge in [0.25, 0.3) is 0 Å². The third kappa shape index (κ3) is 4.96. The maximum atomic E-state index is 12.8. The zero-order chi connectivity index (χ0) is 23.3. The molecule has 4 aromatic rings. The van der Waals surface area contributed by atoms with Crippen molar-refractivity contribution < 1.29 is 14.7 Å². The number of H-pyrrole nitrogens is 1. The van der Waals surface area contributed by atoms with E-state index < -0.39 is 26.0 Å². The van der Waals surface area contributed by atoms with E-state index in [0.717, 1.165) is 16.5 Å². The van der Waals surface area contributed by atoms with Gasteiger partial charge < -0.3 is 15.4 Å². The smallest absolute Gasteiger partial charge is 0.326 e. The normalized spacial score (nSPS) is 12.6. The van der Waals surface area contributed by atoms with E-state index in [2.05, 4.69) is 41.1 Å². The fourth-order valence-electron chi connectivity index (χ4n) is 4.11. The fourth-order valence-corrected chi connectivity index (χ4v) is 7.08. The monoisotopic (exact) mass is 454 g/mol. The summed E-state index contributed by atoms with van der Waals surface area (Å²) in [6, 6.07) is 27.0. The van der Waals surface area contributed by atoms with E-state index >= 15 is 0 Å². The molecule has 0 aliphatic carbocycles. The van der Waals surface area contributed by atoms with Crippen molar-refractivity contribution in [2.75, 3.05) is 0 Å². The van der Waals surface area contributed by atoms with Crippen LogP contribution in [0.5, 0.6) is 0 Å². The van der Waals surface area contributed by atoms with Gasteiger partial charge in [-0.2, -0.15) is 0 Å². The van der Waals surface area contributed by atoms with E-state index in [4.69, 9.17) is 0 Å². The largest absolute Gasteiger partial charge is 0.480 e. The molecular weight excluding hydrogens is 428 g/mol. The van der Waals surface area contributed by atoms with Crippen molar-refractivity contribution in [3.05, 3.63) is 108 Å². The number of amides is 1. The maximum Gasteiger partial charge on any atom is 0.326 e. The van der Waals surface area contributed by atoms with E-state index in [1.165, 1.54) is 16.4 Å². The van der Waals surface area contributed by atoms with E-state index in [-0.39, 0.29) is 6.42 Å². The van der Waals surface area contributed by atoms with Crippen LogP contribution in [0.25, 0.3) is 10.9 Å². The summed E-state index contributed by atoms with van der Waals surface area (Å²) in [6.45, 7) is 2.18. The van der Waals surface area contributed by atoms with E-state index in [1.54, 1.807) is 6.20 Å². The van der Waals surface area contributed by atoms with Gasteiger partial charge >= 0.3 is 5.97 Å². The third-order valence-electron chi connectivity index (χ3n) is 6.03. The number of aromatic nitrogens is 1. The van der Waals surface area contributed by atoms with Crippen LogP contribution < -0.4 is 15.7 Å². The number of para-hydroxylation sites is 1. The first-order chi connectivity index (χ1) is 16.0.